The zero-order valence-electron chi connectivity index (χ0n) is 19.4. The lowest BCUT2D eigenvalue weighted by molar-refractivity contribution is -0.120. The van der Waals surface area contributed by atoms with Crippen molar-refractivity contribution < 1.29 is 18.7 Å². The predicted molar refractivity (Wildman–Crippen MR) is 140 cm³/mol. The molecule has 0 aliphatic rings. The summed E-state index contributed by atoms with van der Waals surface area (Å²) in [4.78, 5) is 16.7. The van der Waals surface area contributed by atoms with Crippen LogP contribution in [0.5, 0.6) is 5.75 Å². The van der Waals surface area contributed by atoms with E-state index in [1.807, 2.05) is 32.0 Å². The van der Waals surface area contributed by atoms with Crippen LogP contribution >= 0.6 is 24.0 Å². The molecule has 1 amide bonds. The number of hydrogen-bond donors (Lipinski definition) is 3. The van der Waals surface area contributed by atoms with Crippen LogP contribution in [0.15, 0.2) is 47.5 Å². The fourth-order valence-electron chi connectivity index (χ4n) is 2.95. The zero-order valence-corrected chi connectivity index (χ0v) is 21.8. The van der Waals surface area contributed by atoms with Crippen LogP contribution in [0.3, 0.4) is 0 Å². The van der Waals surface area contributed by atoms with E-state index in [-0.39, 0.29) is 42.1 Å². The summed E-state index contributed by atoms with van der Waals surface area (Å²) in [6, 6.07) is 12.1. The van der Waals surface area contributed by atoms with Gasteiger partial charge in [0.15, 0.2) is 5.96 Å². The lowest BCUT2D eigenvalue weighted by Crippen LogP contribution is -2.41. The van der Waals surface area contributed by atoms with Gasteiger partial charge in [-0.1, -0.05) is 24.3 Å². The van der Waals surface area contributed by atoms with Crippen molar-refractivity contribution in [1.29, 1.82) is 0 Å². The Morgan fingerprint density at radius 2 is 1.85 bits per heavy atom. The normalized spacial score (nSPS) is 10.8. The van der Waals surface area contributed by atoms with Crippen LogP contribution in [0.4, 0.5) is 4.39 Å². The summed E-state index contributed by atoms with van der Waals surface area (Å²) in [7, 11) is 1.64. The number of amides is 1. The number of hydrogen-bond acceptors (Lipinski definition) is 4. The monoisotopic (exact) mass is 572 g/mol. The van der Waals surface area contributed by atoms with E-state index in [9.17, 15) is 9.18 Å². The summed E-state index contributed by atoms with van der Waals surface area (Å²) >= 11 is 0. The summed E-state index contributed by atoms with van der Waals surface area (Å²) < 4.78 is 24.1. The van der Waals surface area contributed by atoms with Crippen molar-refractivity contribution in [1.82, 2.24) is 16.0 Å². The van der Waals surface area contributed by atoms with Gasteiger partial charge in [0, 0.05) is 32.3 Å². The van der Waals surface area contributed by atoms with Gasteiger partial charge in [0.1, 0.15) is 18.2 Å². The first-order chi connectivity index (χ1) is 15.5. The molecule has 33 heavy (non-hydrogen) atoms. The number of aliphatic imine (C=N–C) groups is 1. The predicted octanol–water partition coefficient (Wildman–Crippen LogP) is 3.19. The van der Waals surface area contributed by atoms with Gasteiger partial charge in [-0.2, -0.15) is 0 Å². The molecule has 0 saturated carbocycles. The second-order valence-electron chi connectivity index (χ2n) is 7.23. The highest BCUT2D eigenvalue weighted by Gasteiger charge is 2.06. The Bertz CT molecular complexity index is 896. The number of aryl methyl sites for hydroxylation is 1. The van der Waals surface area contributed by atoms with Crippen molar-refractivity contribution in [2.75, 3.05) is 40.0 Å². The first-order valence-electron chi connectivity index (χ1n) is 10.8. The lowest BCUT2D eigenvalue weighted by Gasteiger charge is -2.14. The Balaban J connectivity index is 0.00000544. The van der Waals surface area contributed by atoms with Gasteiger partial charge in [-0.25, -0.2) is 9.38 Å². The van der Waals surface area contributed by atoms with Crippen LogP contribution < -0.4 is 20.7 Å². The number of guanidine groups is 1. The highest BCUT2D eigenvalue weighted by molar-refractivity contribution is 14.0. The maximum atomic E-state index is 13.2. The molecule has 2 aromatic carbocycles. The maximum absolute atomic E-state index is 13.2. The summed E-state index contributed by atoms with van der Waals surface area (Å²) in [5, 5.41) is 9.23. The lowest BCUT2D eigenvalue weighted by atomic mass is 10.1. The van der Waals surface area contributed by atoms with Crippen LogP contribution in [-0.4, -0.2) is 51.8 Å². The summed E-state index contributed by atoms with van der Waals surface area (Å²) in [5.74, 6) is 0.947. The first kappa shape index (κ1) is 28.6. The topological polar surface area (TPSA) is 84.0 Å². The van der Waals surface area contributed by atoms with E-state index in [0.29, 0.717) is 50.9 Å². The standard InChI is InChI=1S/C24H33FN4O3.HI/c1-4-26-24(28-11-10-27-23(30)16-19-6-5-7-21(25)15-19)29-17-20-9-8-18(2)14-22(20)32-13-12-31-3;/h5-9,14-15H,4,10-13,16-17H2,1-3H3,(H,27,30)(H2,26,28,29);1H. The van der Waals surface area contributed by atoms with E-state index in [1.165, 1.54) is 12.1 Å². The summed E-state index contributed by atoms with van der Waals surface area (Å²) in [6.07, 6.45) is 0.144. The van der Waals surface area contributed by atoms with Crippen LogP contribution in [0.25, 0.3) is 0 Å². The van der Waals surface area contributed by atoms with Crippen LogP contribution in [0.2, 0.25) is 0 Å². The molecule has 3 N–H and O–H groups in total. The number of carbonyl (C=O) groups excluding carboxylic acids is 1. The van der Waals surface area contributed by atoms with Crippen molar-refractivity contribution in [3.05, 3.63) is 65.0 Å². The van der Waals surface area contributed by atoms with Crippen LogP contribution in [0.1, 0.15) is 23.6 Å². The molecule has 0 bridgehead atoms. The number of carbonyl (C=O) groups is 1. The first-order valence-corrected chi connectivity index (χ1v) is 10.8. The Morgan fingerprint density at radius 1 is 1.06 bits per heavy atom. The van der Waals surface area contributed by atoms with Crippen molar-refractivity contribution in [3.63, 3.8) is 0 Å². The fourth-order valence-corrected chi connectivity index (χ4v) is 2.95. The third-order valence-corrected chi connectivity index (χ3v) is 4.51. The van der Waals surface area contributed by atoms with Crippen molar-refractivity contribution in [3.8, 4) is 5.75 Å². The number of ether oxygens (including phenoxy) is 2. The minimum Gasteiger partial charge on any atom is -0.491 e. The van der Waals surface area contributed by atoms with E-state index < -0.39 is 0 Å². The fraction of sp³-hybridized carbons (Fsp3) is 0.417. The van der Waals surface area contributed by atoms with Crippen LogP contribution in [-0.2, 0) is 22.5 Å². The van der Waals surface area contributed by atoms with Crippen molar-refractivity contribution in [2.45, 2.75) is 26.8 Å². The molecule has 182 valence electrons. The highest BCUT2D eigenvalue weighted by atomic mass is 127. The molecule has 0 spiro atoms. The molecule has 7 nitrogen and oxygen atoms in total. The molecule has 0 heterocycles. The smallest absolute Gasteiger partial charge is 0.224 e. The quantitative estimate of drug-likeness (QED) is 0.158. The number of rotatable bonds is 12. The van der Waals surface area contributed by atoms with Gasteiger partial charge < -0.3 is 25.4 Å². The third kappa shape index (κ3) is 11.3. The van der Waals surface area contributed by atoms with E-state index in [1.54, 1.807) is 19.2 Å². The Kier molecular flexibility index (Phi) is 14.1. The minimum atomic E-state index is -0.343. The number of methoxy groups -OCH3 is 1. The molecule has 0 aliphatic heterocycles. The number of nitrogens with one attached hydrogen (secondary N) is 3. The Morgan fingerprint density at radius 3 is 2.58 bits per heavy atom. The third-order valence-electron chi connectivity index (χ3n) is 4.51. The van der Waals surface area contributed by atoms with Crippen molar-refractivity contribution >= 4 is 35.8 Å². The van der Waals surface area contributed by atoms with Gasteiger partial charge in [0.25, 0.3) is 0 Å². The van der Waals surface area contributed by atoms with Gasteiger partial charge in [-0.3, -0.25) is 4.79 Å². The molecule has 2 aromatic rings. The molecule has 0 radical (unpaired) electrons. The SMILES string of the molecule is CCNC(=NCc1ccc(C)cc1OCCOC)NCCNC(=O)Cc1cccc(F)c1.I. The van der Waals surface area contributed by atoms with Crippen LogP contribution in [0, 0.1) is 12.7 Å². The number of benzene rings is 2. The Labute approximate surface area is 212 Å². The van der Waals surface area contributed by atoms with Gasteiger partial charge in [0.2, 0.25) is 5.91 Å². The summed E-state index contributed by atoms with van der Waals surface area (Å²) in [6.45, 7) is 7.09. The average molecular weight is 572 g/mol. The number of halogens is 2. The second-order valence-corrected chi connectivity index (χ2v) is 7.23. The second kappa shape index (κ2) is 16.2. The number of nitrogens with zero attached hydrogens (tertiary/aromatic N) is 1. The molecule has 0 unspecified atom stereocenters. The van der Waals surface area contributed by atoms with E-state index in [4.69, 9.17) is 9.47 Å². The molecule has 9 heteroatoms. The minimum absolute atomic E-state index is 0. The largest absolute Gasteiger partial charge is 0.491 e. The molecular weight excluding hydrogens is 538 g/mol. The maximum Gasteiger partial charge on any atom is 0.224 e. The molecular formula is C24H34FIN4O3. The van der Waals surface area contributed by atoms with E-state index >= 15 is 0 Å². The zero-order chi connectivity index (χ0) is 23.2. The molecule has 2 rings (SSSR count). The van der Waals surface area contributed by atoms with Gasteiger partial charge in [-0.15, -0.1) is 24.0 Å². The van der Waals surface area contributed by atoms with Gasteiger partial charge in [0.05, 0.1) is 19.6 Å². The summed E-state index contributed by atoms with van der Waals surface area (Å²) in [5.41, 5.74) is 2.74. The molecule has 0 fully saturated rings. The van der Waals surface area contributed by atoms with Crippen molar-refractivity contribution in [2.24, 2.45) is 4.99 Å². The van der Waals surface area contributed by atoms with E-state index in [2.05, 4.69) is 20.9 Å². The average Bonchev–Trinajstić information content (AvgIpc) is 2.76. The van der Waals surface area contributed by atoms with Gasteiger partial charge >= 0.3 is 0 Å². The Hall–Kier alpha value is -2.40. The molecule has 0 aliphatic carbocycles. The molecule has 0 atom stereocenters. The van der Waals surface area contributed by atoms with E-state index in [0.717, 1.165) is 16.9 Å². The van der Waals surface area contributed by atoms with Gasteiger partial charge in [-0.05, 0) is 43.2 Å². The highest BCUT2D eigenvalue weighted by Crippen LogP contribution is 2.21. The molecule has 0 aromatic heterocycles. The molecule has 0 saturated heterocycles.